The lowest BCUT2D eigenvalue weighted by Crippen LogP contribution is -2.53. The van der Waals surface area contributed by atoms with Crippen LogP contribution in [0.5, 0.6) is 0 Å². The first kappa shape index (κ1) is 18.6. The summed E-state index contributed by atoms with van der Waals surface area (Å²) >= 11 is 0. The summed E-state index contributed by atoms with van der Waals surface area (Å²) in [5.74, 6) is 1.68. The smallest absolute Gasteiger partial charge is 0.223 e. The monoisotopic (exact) mass is 381 g/mol. The molecule has 4 heteroatoms. The Balaban J connectivity index is 1.17. The van der Waals surface area contributed by atoms with E-state index < -0.39 is 0 Å². The van der Waals surface area contributed by atoms with E-state index in [2.05, 4.69) is 40.5 Å². The lowest BCUT2D eigenvalue weighted by molar-refractivity contribution is -0.129. The summed E-state index contributed by atoms with van der Waals surface area (Å²) < 4.78 is 0. The van der Waals surface area contributed by atoms with E-state index >= 15 is 0 Å². The minimum absolute atomic E-state index is 0.204. The Morgan fingerprint density at radius 2 is 1.61 bits per heavy atom. The van der Waals surface area contributed by atoms with Crippen LogP contribution in [0.4, 0.5) is 0 Å². The Bertz CT molecular complexity index is 664. The molecule has 4 atom stereocenters. The molecule has 2 heterocycles. The van der Waals surface area contributed by atoms with Gasteiger partial charge in [-0.15, -0.1) is 0 Å². The molecule has 4 unspecified atom stereocenters. The largest absolute Gasteiger partial charge is 0.353 e. The topological polar surface area (TPSA) is 58.4 Å². The average molecular weight is 382 g/mol. The van der Waals surface area contributed by atoms with Gasteiger partial charge in [0, 0.05) is 36.6 Å². The van der Waals surface area contributed by atoms with Crippen molar-refractivity contribution >= 4 is 5.91 Å². The van der Waals surface area contributed by atoms with Crippen LogP contribution in [0.15, 0.2) is 30.3 Å². The van der Waals surface area contributed by atoms with Crippen molar-refractivity contribution in [3.05, 3.63) is 35.9 Å². The van der Waals surface area contributed by atoms with Crippen LogP contribution in [-0.2, 0) is 11.3 Å². The van der Waals surface area contributed by atoms with Crippen molar-refractivity contribution in [3.8, 4) is 0 Å². The first-order chi connectivity index (χ1) is 13.7. The van der Waals surface area contributed by atoms with Gasteiger partial charge >= 0.3 is 0 Å². The van der Waals surface area contributed by atoms with Crippen molar-refractivity contribution in [1.29, 1.82) is 0 Å². The molecule has 28 heavy (non-hydrogen) atoms. The SMILES string of the molecule is NC1C2CCCC1CC(C(=O)NC1CC3CCC(C1)N3Cc1ccccc1)C2. The molecule has 2 aliphatic heterocycles. The summed E-state index contributed by atoms with van der Waals surface area (Å²) in [5, 5.41) is 3.47. The molecule has 5 rings (SSSR count). The van der Waals surface area contributed by atoms with Crippen LogP contribution in [0.25, 0.3) is 0 Å². The van der Waals surface area contributed by atoms with Crippen molar-refractivity contribution < 1.29 is 4.79 Å². The van der Waals surface area contributed by atoms with Gasteiger partial charge in [0.2, 0.25) is 5.91 Å². The third-order valence-electron chi connectivity index (χ3n) is 8.22. The second kappa shape index (κ2) is 7.79. The second-order valence-corrected chi connectivity index (χ2v) is 9.92. The number of rotatable bonds is 4. The molecule has 4 bridgehead atoms. The fraction of sp³-hybridized carbons (Fsp3) is 0.708. The number of carbonyl (C=O) groups is 1. The fourth-order valence-corrected chi connectivity index (χ4v) is 6.77. The van der Waals surface area contributed by atoms with Crippen molar-refractivity contribution in [3.63, 3.8) is 0 Å². The summed E-state index contributed by atoms with van der Waals surface area (Å²) in [6.07, 6.45) is 10.6. The fourth-order valence-electron chi connectivity index (χ4n) is 6.77. The first-order valence-electron chi connectivity index (χ1n) is 11.5. The molecular weight excluding hydrogens is 346 g/mol. The van der Waals surface area contributed by atoms with Crippen LogP contribution in [0.3, 0.4) is 0 Å². The van der Waals surface area contributed by atoms with Gasteiger partial charge in [-0.1, -0.05) is 36.8 Å². The molecule has 0 spiro atoms. The van der Waals surface area contributed by atoms with E-state index in [9.17, 15) is 4.79 Å². The molecule has 2 saturated heterocycles. The second-order valence-electron chi connectivity index (χ2n) is 9.92. The predicted octanol–water partition coefficient (Wildman–Crippen LogP) is 3.45. The highest BCUT2D eigenvalue weighted by Crippen LogP contribution is 2.42. The molecule has 1 aromatic rings. The quantitative estimate of drug-likeness (QED) is 0.840. The maximum Gasteiger partial charge on any atom is 0.223 e. The third kappa shape index (κ3) is 3.61. The Labute approximate surface area is 169 Å². The van der Waals surface area contributed by atoms with Crippen LogP contribution < -0.4 is 11.1 Å². The molecule has 1 amide bonds. The molecule has 4 aliphatic rings. The Morgan fingerprint density at radius 1 is 0.964 bits per heavy atom. The van der Waals surface area contributed by atoms with Gasteiger partial charge in [-0.2, -0.15) is 0 Å². The van der Waals surface area contributed by atoms with Crippen LogP contribution in [0.2, 0.25) is 0 Å². The van der Waals surface area contributed by atoms with Gasteiger partial charge < -0.3 is 11.1 Å². The number of nitrogens with two attached hydrogens (primary N) is 1. The van der Waals surface area contributed by atoms with E-state index in [1.165, 1.54) is 37.7 Å². The number of nitrogens with zero attached hydrogens (tertiary/aromatic N) is 1. The zero-order valence-corrected chi connectivity index (χ0v) is 16.9. The molecule has 4 fully saturated rings. The number of piperidine rings is 1. The van der Waals surface area contributed by atoms with Crippen molar-refractivity contribution in [2.45, 2.75) is 88.5 Å². The van der Waals surface area contributed by atoms with E-state index in [4.69, 9.17) is 5.73 Å². The Hall–Kier alpha value is -1.39. The molecule has 1 aromatic carbocycles. The molecule has 0 radical (unpaired) electrons. The number of nitrogens with one attached hydrogen (secondary N) is 1. The van der Waals surface area contributed by atoms with Gasteiger partial charge in [0.15, 0.2) is 0 Å². The zero-order chi connectivity index (χ0) is 19.1. The Morgan fingerprint density at radius 3 is 2.25 bits per heavy atom. The van der Waals surface area contributed by atoms with Crippen molar-refractivity contribution in [1.82, 2.24) is 10.2 Å². The van der Waals surface area contributed by atoms with Crippen LogP contribution in [0.1, 0.15) is 63.4 Å². The van der Waals surface area contributed by atoms with Crippen molar-refractivity contribution in [2.24, 2.45) is 23.5 Å². The van der Waals surface area contributed by atoms with Gasteiger partial charge in [0.1, 0.15) is 0 Å². The highest BCUT2D eigenvalue weighted by atomic mass is 16.1. The summed E-state index contributed by atoms with van der Waals surface area (Å²) in [4.78, 5) is 15.7. The minimum atomic E-state index is 0.204. The average Bonchev–Trinajstić information content (AvgIpc) is 2.91. The van der Waals surface area contributed by atoms with E-state index in [1.807, 2.05) is 0 Å². The van der Waals surface area contributed by atoms with Crippen LogP contribution in [-0.4, -0.2) is 35.0 Å². The van der Waals surface area contributed by atoms with E-state index in [0.717, 1.165) is 32.2 Å². The molecule has 152 valence electrons. The molecule has 3 N–H and O–H groups in total. The number of carbonyl (C=O) groups excluding carboxylic acids is 1. The predicted molar refractivity (Wildman–Crippen MR) is 111 cm³/mol. The van der Waals surface area contributed by atoms with Crippen LogP contribution >= 0.6 is 0 Å². The van der Waals surface area contributed by atoms with Gasteiger partial charge in [0.25, 0.3) is 0 Å². The molecular formula is C24H35N3O. The summed E-state index contributed by atoms with van der Waals surface area (Å²) in [5.41, 5.74) is 7.83. The lowest BCUT2D eigenvalue weighted by Gasteiger charge is -2.44. The molecule has 2 aliphatic carbocycles. The number of benzene rings is 1. The summed E-state index contributed by atoms with van der Waals surface area (Å²) in [6, 6.07) is 12.8. The maximum atomic E-state index is 13.0. The highest BCUT2D eigenvalue weighted by molar-refractivity contribution is 5.79. The molecule has 0 aromatic heterocycles. The number of fused-ring (bicyclic) bond motifs is 4. The summed E-state index contributed by atoms with van der Waals surface area (Å²) in [6.45, 7) is 1.06. The number of hydrogen-bond donors (Lipinski definition) is 2. The van der Waals surface area contributed by atoms with Crippen LogP contribution in [0, 0.1) is 17.8 Å². The van der Waals surface area contributed by atoms with Gasteiger partial charge in [-0.25, -0.2) is 0 Å². The van der Waals surface area contributed by atoms with E-state index in [0.29, 0.717) is 41.9 Å². The highest BCUT2D eigenvalue weighted by Gasteiger charge is 2.43. The third-order valence-corrected chi connectivity index (χ3v) is 8.22. The maximum absolute atomic E-state index is 13.0. The standard InChI is InChI=1S/C24H35N3O/c25-23-17-7-4-8-18(23)12-19(11-17)24(28)26-20-13-21-9-10-22(14-20)27(21)15-16-5-2-1-3-6-16/h1-3,5-6,17-23H,4,7-15,25H2,(H,26,28). The lowest BCUT2D eigenvalue weighted by atomic mass is 9.65. The van der Waals surface area contributed by atoms with E-state index in [-0.39, 0.29) is 5.92 Å². The van der Waals surface area contributed by atoms with Gasteiger partial charge in [0.05, 0.1) is 0 Å². The summed E-state index contributed by atoms with van der Waals surface area (Å²) in [7, 11) is 0. The van der Waals surface area contributed by atoms with E-state index in [1.54, 1.807) is 0 Å². The first-order valence-corrected chi connectivity index (χ1v) is 11.5. The minimum Gasteiger partial charge on any atom is -0.353 e. The number of amides is 1. The normalized spacial score (nSPS) is 40.2. The van der Waals surface area contributed by atoms with Crippen molar-refractivity contribution in [2.75, 3.05) is 0 Å². The van der Waals surface area contributed by atoms with Gasteiger partial charge in [-0.05, 0) is 68.8 Å². The Kier molecular flexibility index (Phi) is 5.18. The zero-order valence-electron chi connectivity index (χ0n) is 16.9. The number of hydrogen-bond acceptors (Lipinski definition) is 3. The molecule has 4 nitrogen and oxygen atoms in total. The van der Waals surface area contributed by atoms with Gasteiger partial charge in [-0.3, -0.25) is 9.69 Å². The molecule has 2 saturated carbocycles.